The summed E-state index contributed by atoms with van der Waals surface area (Å²) in [6, 6.07) is 9.59. The van der Waals surface area contributed by atoms with Crippen molar-refractivity contribution in [1.29, 1.82) is 0 Å². The van der Waals surface area contributed by atoms with E-state index in [1.54, 1.807) is 0 Å². The fourth-order valence-corrected chi connectivity index (χ4v) is 2.73. The number of rotatable bonds is 5. The maximum atomic E-state index is 11.7. The largest absolute Gasteiger partial charge is 0.388 e. The van der Waals surface area contributed by atoms with Gasteiger partial charge in [-0.25, -0.2) is 0 Å². The average Bonchev–Trinajstić information content (AvgIpc) is 2.77. The van der Waals surface area contributed by atoms with E-state index < -0.39 is 6.10 Å². The van der Waals surface area contributed by atoms with Crippen LogP contribution in [0.5, 0.6) is 0 Å². The third-order valence-corrected chi connectivity index (χ3v) is 4.29. The van der Waals surface area contributed by atoms with Crippen LogP contribution in [-0.4, -0.2) is 34.3 Å². The molecular weight excluding hydrogens is 294 g/mol. The molecule has 1 aliphatic rings. The summed E-state index contributed by atoms with van der Waals surface area (Å²) in [6.07, 6.45) is 0.749. The van der Waals surface area contributed by atoms with E-state index in [9.17, 15) is 9.90 Å². The third kappa shape index (κ3) is 3.33. The van der Waals surface area contributed by atoms with Crippen LogP contribution in [-0.2, 0) is 4.79 Å². The molecular formula is C14H18BrNO2. The molecule has 18 heavy (non-hydrogen) atoms. The first-order valence-electron chi connectivity index (χ1n) is 6.27. The van der Waals surface area contributed by atoms with Gasteiger partial charge in [0.2, 0.25) is 5.91 Å². The molecule has 2 atom stereocenters. The van der Waals surface area contributed by atoms with Gasteiger partial charge < -0.3 is 10.0 Å². The van der Waals surface area contributed by atoms with Crippen LogP contribution in [0.15, 0.2) is 30.3 Å². The van der Waals surface area contributed by atoms with Gasteiger partial charge in [0, 0.05) is 24.8 Å². The van der Waals surface area contributed by atoms with Gasteiger partial charge in [0.15, 0.2) is 0 Å². The molecule has 1 amide bonds. The van der Waals surface area contributed by atoms with Gasteiger partial charge in [-0.2, -0.15) is 0 Å². The van der Waals surface area contributed by atoms with Crippen LogP contribution in [0.2, 0.25) is 0 Å². The summed E-state index contributed by atoms with van der Waals surface area (Å²) >= 11 is 3.42. The van der Waals surface area contributed by atoms with Crippen molar-refractivity contribution in [3.05, 3.63) is 35.9 Å². The number of carbonyl (C=O) groups is 1. The first kappa shape index (κ1) is 13.6. The van der Waals surface area contributed by atoms with Gasteiger partial charge in [0.05, 0.1) is 6.10 Å². The van der Waals surface area contributed by atoms with Crippen molar-refractivity contribution >= 4 is 21.8 Å². The predicted molar refractivity (Wildman–Crippen MR) is 74.5 cm³/mol. The van der Waals surface area contributed by atoms with Crippen molar-refractivity contribution < 1.29 is 9.90 Å². The summed E-state index contributed by atoms with van der Waals surface area (Å²) in [5, 5.41) is 10.9. The normalized spacial score (nSPS) is 21.3. The second kappa shape index (κ2) is 6.34. The van der Waals surface area contributed by atoms with Crippen LogP contribution in [0, 0.1) is 5.92 Å². The maximum Gasteiger partial charge on any atom is 0.222 e. The molecule has 2 rings (SSSR count). The molecule has 1 aliphatic heterocycles. The van der Waals surface area contributed by atoms with Gasteiger partial charge in [0.1, 0.15) is 0 Å². The molecule has 1 N–H and O–H groups in total. The number of aliphatic hydroxyl groups excluding tert-OH is 1. The van der Waals surface area contributed by atoms with Crippen molar-refractivity contribution in [1.82, 2.24) is 4.90 Å². The topological polar surface area (TPSA) is 40.5 Å². The van der Waals surface area contributed by atoms with E-state index in [0.29, 0.717) is 25.3 Å². The van der Waals surface area contributed by atoms with Gasteiger partial charge in [-0.05, 0) is 17.9 Å². The van der Waals surface area contributed by atoms with Crippen LogP contribution in [0.4, 0.5) is 0 Å². The van der Waals surface area contributed by atoms with Crippen LogP contribution in [0.25, 0.3) is 0 Å². The van der Waals surface area contributed by atoms with E-state index in [1.807, 2.05) is 35.2 Å². The molecule has 1 aromatic carbocycles. The van der Waals surface area contributed by atoms with Crippen molar-refractivity contribution in [2.45, 2.75) is 18.9 Å². The number of halogens is 1. The summed E-state index contributed by atoms with van der Waals surface area (Å²) in [6.45, 7) is 1.45. The monoisotopic (exact) mass is 311 g/mol. The van der Waals surface area contributed by atoms with Crippen LogP contribution >= 0.6 is 15.9 Å². The molecule has 1 saturated heterocycles. The zero-order valence-corrected chi connectivity index (χ0v) is 11.8. The molecule has 0 aliphatic carbocycles. The average molecular weight is 312 g/mol. The first-order chi connectivity index (χ1) is 8.70. The van der Waals surface area contributed by atoms with Gasteiger partial charge >= 0.3 is 0 Å². The number of alkyl halides is 1. The summed E-state index contributed by atoms with van der Waals surface area (Å²) in [4.78, 5) is 13.6. The minimum Gasteiger partial charge on any atom is -0.388 e. The second-order valence-electron chi connectivity index (χ2n) is 4.78. The predicted octanol–water partition coefficient (Wildman–Crippen LogP) is 2.35. The highest BCUT2D eigenvalue weighted by molar-refractivity contribution is 9.09. The highest BCUT2D eigenvalue weighted by atomic mass is 79.9. The Morgan fingerprint density at radius 3 is 2.72 bits per heavy atom. The number of amides is 1. The molecule has 0 spiro atoms. The van der Waals surface area contributed by atoms with E-state index in [0.717, 1.165) is 17.4 Å². The van der Waals surface area contributed by atoms with E-state index in [-0.39, 0.29) is 5.91 Å². The zero-order chi connectivity index (χ0) is 13.0. The Morgan fingerprint density at radius 2 is 2.11 bits per heavy atom. The van der Waals surface area contributed by atoms with Gasteiger partial charge in [0.25, 0.3) is 0 Å². The lowest BCUT2D eigenvalue weighted by Gasteiger charge is -2.18. The molecule has 0 aromatic heterocycles. The standard InChI is InChI=1S/C14H18BrNO2/c15-9-11-8-14(18)16(10-11)7-6-13(17)12-4-2-1-3-5-12/h1-5,11,13,17H,6-10H2. The molecule has 1 fully saturated rings. The SMILES string of the molecule is O=C1CC(CBr)CN1CCC(O)c1ccccc1. The Hall–Kier alpha value is -0.870. The van der Waals surface area contributed by atoms with Crippen LogP contribution in [0.3, 0.4) is 0 Å². The highest BCUT2D eigenvalue weighted by Gasteiger charge is 2.28. The molecule has 2 unspecified atom stereocenters. The number of carbonyl (C=O) groups excluding carboxylic acids is 1. The van der Waals surface area contributed by atoms with E-state index >= 15 is 0 Å². The Bertz CT molecular complexity index is 396. The van der Waals surface area contributed by atoms with Crippen molar-refractivity contribution in [2.75, 3.05) is 18.4 Å². The quantitative estimate of drug-likeness (QED) is 0.848. The van der Waals surface area contributed by atoms with Crippen LogP contribution in [0.1, 0.15) is 24.5 Å². The second-order valence-corrected chi connectivity index (χ2v) is 5.43. The Labute approximate surface area is 116 Å². The Balaban J connectivity index is 1.83. The van der Waals surface area contributed by atoms with E-state index in [2.05, 4.69) is 15.9 Å². The Morgan fingerprint density at radius 1 is 1.39 bits per heavy atom. The number of benzene rings is 1. The smallest absolute Gasteiger partial charge is 0.222 e. The van der Waals surface area contributed by atoms with Gasteiger partial charge in [-0.3, -0.25) is 4.79 Å². The molecule has 0 saturated carbocycles. The lowest BCUT2D eigenvalue weighted by Crippen LogP contribution is -2.27. The summed E-state index contributed by atoms with van der Waals surface area (Å²) < 4.78 is 0. The number of nitrogens with zero attached hydrogens (tertiary/aromatic N) is 1. The number of aliphatic hydroxyl groups is 1. The molecule has 4 heteroatoms. The van der Waals surface area contributed by atoms with Crippen LogP contribution < -0.4 is 0 Å². The fourth-order valence-electron chi connectivity index (χ4n) is 2.29. The lowest BCUT2D eigenvalue weighted by molar-refractivity contribution is -0.128. The number of hydrogen-bond acceptors (Lipinski definition) is 2. The van der Waals surface area contributed by atoms with Gasteiger partial charge in [-0.15, -0.1) is 0 Å². The lowest BCUT2D eigenvalue weighted by atomic mass is 10.1. The summed E-state index contributed by atoms with van der Waals surface area (Å²) in [5.41, 5.74) is 0.918. The zero-order valence-electron chi connectivity index (χ0n) is 10.3. The molecule has 0 radical (unpaired) electrons. The number of likely N-dealkylation sites (tertiary alicyclic amines) is 1. The fraction of sp³-hybridized carbons (Fsp3) is 0.500. The molecule has 1 heterocycles. The molecule has 98 valence electrons. The highest BCUT2D eigenvalue weighted by Crippen LogP contribution is 2.22. The molecule has 1 aromatic rings. The molecule has 3 nitrogen and oxygen atoms in total. The third-order valence-electron chi connectivity index (χ3n) is 3.37. The van der Waals surface area contributed by atoms with Crippen molar-refractivity contribution in [3.63, 3.8) is 0 Å². The van der Waals surface area contributed by atoms with E-state index in [1.165, 1.54) is 0 Å². The first-order valence-corrected chi connectivity index (χ1v) is 7.39. The molecule has 0 bridgehead atoms. The maximum absolute atomic E-state index is 11.7. The van der Waals surface area contributed by atoms with Crippen molar-refractivity contribution in [3.8, 4) is 0 Å². The van der Waals surface area contributed by atoms with E-state index in [4.69, 9.17) is 0 Å². The summed E-state index contributed by atoms with van der Waals surface area (Å²) in [5.74, 6) is 0.631. The van der Waals surface area contributed by atoms with Gasteiger partial charge in [-0.1, -0.05) is 46.3 Å². The minimum absolute atomic E-state index is 0.208. The Kier molecular flexibility index (Phi) is 4.78. The number of hydrogen-bond donors (Lipinski definition) is 1. The summed E-state index contributed by atoms with van der Waals surface area (Å²) in [7, 11) is 0. The van der Waals surface area contributed by atoms with Crippen molar-refractivity contribution in [2.24, 2.45) is 5.92 Å². The minimum atomic E-state index is -0.484.